The van der Waals surface area contributed by atoms with Crippen molar-refractivity contribution in [3.8, 4) is 0 Å². The lowest BCUT2D eigenvalue weighted by atomic mass is 9.95. The SMILES string of the molecule is CNC(C)c1ccc(N2CCCC2C2CCCC2)c(Cl)c1. The Morgan fingerprint density at radius 1 is 1.19 bits per heavy atom. The fraction of sp³-hybridized carbons (Fsp3) is 0.667. The number of nitrogens with zero attached hydrogens (tertiary/aromatic N) is 1. The molecule has 0 spiro atoms. The van der Waals surface area contributed by atoms with Crippen LogP contribution in [0.1, 0.15) is 57.1 Å². The van der Waals surface area contributed by atoms with Crippen LogP contribution in [-0.4, -0.2) is 19.6 Å². The summed E-state index contributed by atoms with van der Waals surface area (Å²) in [6.07, 6.45) is 8.31. The fourth-order valence-corrected chi connectivity index (χ4v) is 4.41. The highest BCUT2D eigenvalue weighted by atomic mass is 35.5. The maximum absolute atomic E-state index is 6.61. The first-order valence-electron chi connectivity index (χ1n) is 8.44. The van der Waals surface area contributed by atoms with E-state index in [9.17, 15) is 0 Å². The molecule has 2 unspecified atom stereocenters. The first-order valence-corrected chi connectivity index (χ1v) is 8.82. The van der Waals surface area contributed by atoms with E-state index in [2.05, 4.69) is 35.3 Å². The molecule has 2 aliphatic rings. The molecule has 1 saturated heterocycles. The number of nitrogens with one attached hydrogen (secondary N) is 1. The summed E-state index contributed by atoms with van der Waals surface area (Å²) in [4.78, 5) is 2.59. The van der Waals surface area contributed by atoms with Crippen LogP contribution in [-0.2, 0) is 0 Å². The standard InChI is InChI=1S/C18H27ClN2/c1-13(20-2)15-9-10-18(16(19)12-15)21-11-5-8-17(21)14-6-3-4-7-14/h9-10,12-14,17,20H,3-8,11H2,1-2H3. The molecule has 116 valence electrons. The summed E-state index contributed by atoms with van der Waals surface area (Å²) in [6.45, 7) is 3.34. The van der Waals surface area contributed by atoms with Gasteiger partial charge in [-0.1, -0.05) is 30.5 Å². The molecule has 2 atom stereocenters. The Labute approximate surface area is 133 Å². The van der Waals surface area contributed by atoms with Crippen molar-refractivity contribution >= 4 is 17.3 Å². The van der Waals surface area contributed by atoms with Crippen LogP contribution in [0.4, 0.5) is 5.69 Å². The van der Waals surface area contributed by atoms with E-state index in [0.717, 1.165) is 17.0 Å². The van der Waals surface area contributed by atoms with E-state index in [1.54, 1.807) is 0 Å². The summed E-state index contributed by atoms with van der Waals surface area (Å²) in [6, 6.07) is 7.67. The van der Waals surface area contributed by atoms with Gasteiger partial charge in [-0.3, -0.25) is 0 Å². The smallest absolute Gasteiger partial charge is 0.0642 e. The third kappa shape index (κ3) is 3.07. The van der Waals surface area contributed by atoms with Gasteiger partial charge in [-0.05, 0) is 63.3 Å². The zero-order chi connectivity index (χ0) is 14.8. The van der Waals surface area contributed by atoms with Gasteiger partial charge in [0.05, 0.1) is 10.7 Å². The minimum atomic E-state index is 0.348. The van der Waals surface area contributed by atoms with Crippen molar-refractivity contribution < 1.29 is 0 Å². The summed E-state index contributed by atoms with van der Waals surface area (Å²) in [7, 11) is 1.99. The molecule has 21 heavy (non-hydrogen) atoms. The molecule has 0 bridgehead atoms. The highest BCUT2D eigenvalue weighted by Crippen LogP contribution is 2.40. The lowest BCUT2D eigenvalue weighted by Gasteiger charge is -2.32. The number of hydrogen-bond donors (Lipinski definition) is 1. The molecule has 1 aromatic carbocycles. The van der Waals surface area contributed by atoms with Gasteiger partial charge in [-0.2, -0.15) is 0 Å². The maximum Gasteiger partial charge on any atom is 0.0642 e. The Kier molecular flexibility index (Phi) is 4.75. The fourth-order valence-electron chi connectivity index (χ4n) is 4.12. The zero-order valence-electron chi connectivity index (χ0n) is 13.2. The second-order valence-corrected chi connectivity index (χ2v) is 7.08. The molecule has 1 N–H and O–H groups in total. The molecule has 0 amide bonds. The number of anilines is 1. The molecule has 1 aromatic rings. The molecular weight excluding hydrogens is 280 g/mol. The van der Waals surface area contributed by atoms with Crippen molar-refractivity contribution in [1.82, 2.24) is 5.32 Å². The van der Waals surface area contributed by atoms with Crippen LogP contribution in [0.3, 0.4) is 0 Å². The highest BCUT2D eigenvalue weighted by molar-refractivity contribution is 6.33. The van der Waals surface area contributed by atoms with E-state index >= 15 is 0 Å². The van der Waals surface area contributed by atoms with E-state index < -0.39 is 0 Å². The van der Waals surface area contributed by atoms with Gasteiger partial charge in [-0.25, -0.2) is 0 Å². The summed E-state index contributed by atoms with van der Waals surface area (Å²) >= 11 is 6.61. The Balaban J connectivity index is 1.82. The normalized spacial score (nSPS) is 24.7. The number of rotatable bonds is 4. The van der Waals surface area contributed by atoms with Crippen molar-refractivity contribution in [1.29, 1.82) is 0 Å². The predicted octanol–water partition coefficient (Wildman–Crippen LogP) is 4.78. The molecule has 2 fully saturated rings. The number of hydrogen-bond acceptors (Lipinski definition) is 2. The summed E-state index contributed by atoms with van der Waals surface area (Å²) in [5, 5.41) is 4.19. The van der Waals surface area contributed by atoms with Crippen LogP contribution < -0.4 is 10.2 Å². The third-order valence-electron chi connectivity index (χ3n) is 5.46. The highest BCUT2D eigenvalue weighted by Gasteiger charge is 2.34. The van der Waals surface area contributed by atoms with Crippen molar-refractivity contribution in [2.24, 2.45) is 5.92 Å². The summed E-state index contributed by atoms with van der Waals surface area (Å²) < 4.78 is 0. The van der Waals surface area contributed by atoms with Gasteiger partial charge >= 0.3 is 0 Å². The first-order chi connectivity index (χ1) is 10.2. The minimum absolute atomic E-state index is 0.348. The van der Waals surface area contributed by atoms with Gasteiger partial charge in [-0.15, -0.1) is 0 Å². The molecule has 1 saturated carbocycles. The lowest BCUT2D eigenvalue weighted by Crippen LogP contribution is -2.34. The Morgan fingerprint density at radius 3 is 2.62 bits per heavy atom. The van der Waals surface area contributed by atoms with E-state index in [4.69, 9.17) is 11.6 Å². The molecule has 3 heteroatoms. The van der Waals surface area contributed by atoms with Gasteiger partial charge < -0.3 is 10.2 Å². The largest absolute Gasteiger partial charge is 0.367 e. The van der Waals surface area contributed by atoms with Gasteiger partial charge in [0, 0.05) is 18.6 Å². The molecule has 0 radical (unpaired) electrons. The molecule has 2 nitrogen and oxygen atoms in total. The number of halogens is 1. The van der Waals surface area contributed by atoms with Crippen molar-refractivity contribution in [2.75, 3.05) is 18.5 Å². The van der Waals surface area contributed by atoms with Gasteiger partial charge in [0.2, 0.25) is 0 Å². The van der Waals surface area contributed by atoms with E-state index in [1.165, 1.54) is 56.3 Å². The second-order valence-electron chi connectivity index (χ2n) is 6.67. The Hall–Kier alpha value is -0.730. The lowest BCUT2D eigenvalue weighted by molar-refractivity contribution is 0.431. The minimum Gasteiger partial charge on any atom is -0.367 e. The number of benzene rings is 1. The van der Waals surface area contributed by atoms with Crippen molar-refractivity contribution in [2.45, 2.75) is 57.5 Å². The van der Waals surface area contributed by atoms with Gasteiger partial charge in [0.15, 0.2) is 0 Å². The van der Waals surface area contributed by atoms with Gasteiger partial charge in [0.1, 0.15) is 0 Å². The van der Waals surface area contributed by atoms with Crippen LogP contribution in [0.5, 0.6) is 0 Å². The van der Waals surface area contributed by atoms with Crippen LogP contribution >= 0.6 is 11.6 Å². The van der Waals surface area contributed by atoms with Crippen LogP contribution in [0.15, 0.2) is 18.2 Å². The van der Waals surface area contributed by atoms with Crippen LogP contribution in [0.25, 0.3) is 0 Å². The van der Waals surface area contributed by atoms with Crippen molar-refractivity contribution in [3.05, 3.63) is 28.8 Å². The average Bonchev–Trinajstić information content (AvgIpc) is 3.16. The van der Waals surface area contributed by atoms with E-state index in [0.29, 0.717) is 6.04 Å². The molecule has 1 aliphatic carbocycles. The molecule has 0 aromatic heterocycles. The molecule has 1 aliphatic heterocycles. The predicted molar refractivity (Wildman–Crippen MR) is 91.3 cm³/mol. The topological polar surface area (TPSA) is 15.3 Å². The summed E-state index contributed by atoms with van der Waals surface area (Å²) in [5.74, 6) is 0.888. The van der Waals surface area contributed by atoms with E-state index in [-0.39, 0.29) is 0 Å². The second kappa shape index (κ2) is 6.58. The maximum atomic E-state index is 6.61. The molecule has 3 rings (SSSR count). The van der Waals surface area contributed by atoms with Crippen molar-refractivity contribution in [3.63, 3.8) is 0 Å². The quantitative estimate of drug-likeness (QED) is 0.861. The first kappa shape index (κ1) is 15.2. The Bertz CT molecular complexity index is 482. The Morgan fingerprint density at radius 2 is 1.95 bits per heavy atom. The van der Waals surface area contributed by atoms with E-state index in [1.807, 2.05) is 7.05 Å². The van der Waals surface area contributed by atoms with Crippen LogP contribution in [0.2, 0.25) is 5.02 Å². The average molecular weight is 307 g/mol. The van der Waals surface area contributed by atoms with Gasteiger partial charge in [0.25, 0.3) is 0 Å². The molecule has 1 heterocycles. The van der Waals surface area contributed by atoms with Crippen LogP contribution in [0, 0.1) is 5.92 Å². The third-order valence-corrected chi connectivity index (χ3v) is 5.76. The molecular formula is C18H27ClN2. The monoisotopic (exact) mass is 306 g/mol. The zero-order valence-corrected chi connectivity index (χ0v) is 14.0. The summed E-state index contributed by atoms with van der Waals surface area (Å²) in [5.41, 5.74) is 2.51.